The van der Waals surface area contributed by atoms with Gasteiger partial charge in [0.1, 0.15) is 0 Å². The molecule has 3 N–H and O–H groups in total. The molecule has 0 spiro atoms. The van der Waals surface area contributed by atoms with Crippen molar-refractivity contribution in [2.45, 2.75) is 431 Å². The van der Waals surface area contributed by atoms with E-state index in [0.717, 1.165) is 44.9 Å². The number of allylic oxidation sites excluding steroid dienone is 3. The van der Waals surface area contributed by atoms with E-state index in [4.69, 9.17) is 4.74 Å². The van der Waals surface area contributed by atoms with Crippen molar-refractivity contribution in [3.05, 3.63) is 24.3 Å². The molecule has 0 bridgehead atoms. The van der Waals surface area contributed by atoms with Gasteiger partial charge in [0.25, 0.3) is 0 Å². The molecule has 0 saturated carbocycles. The molecule has 0 aliphatic heterocycles. The lowest BCUT2D eigenvalue weighted by atomic mass is 10.0. The Morgan fingerprint density at radius 1 is 0.333 bits per heavy atom. The molecule has 480 valence electrons. The highest BCUT2D eigenvalue weighted by molar-refractivity contribution is 5.76. The number of hydrogen-bond donors (Lipinski definition) is 3. The topological polar surface area (TPSA) is 95.9 Å². The Bertz CT molecular complexity index is 1270. The van der Waals surface area contributed by atoms with Crippen LogP contribution in [0.25, 0.3) is 0 Å². The Hall–Kier alpha value is -1.66. The maximum atomic E-state index is 12.5. The van der Waals surface area contributed by atoms with Crippen LogP contribution in [0.2, 0.25) is 0 Å². The molecule has 0 aromatic carbocycles. The van der Waals surface area contributed by atoms with Crippen LogP contribution in [0.5, 0.6) is 0 Å². The van der Waals surface area contributed by atoms with Gasteiger partial charge in [0.2, 0.25) is 5.91 Å². The number of carbonyl (C=O) groups is 2. The van der Waals surface area contributed by atoms with Crippen molar-refractivity contribution in [1.82, 2.24) is 5.32 Å². The van der Waals surface area contributed by atoms with E-state index in [-0.39, 0.29) is 18.5 Å². The molecule has 0 fully saturated rings. The number of ether oxygens (including phenoxy) is 1. The third-order valence-corrected chi connectivity index (χ3v) is 17.5. The van der Waals surface area contributed by atoms with Crippen LogP contribution in [0.1, 0.15) is 418 Å². The third-order valence-electron chi connectivity index (χ3n) is 17.5. The minimum Gasteiger partial charge on any atom is -0.466 e. The highest BCUT2D eigenvalue weighted by atomic mass is 16.5. The van der Waals surface area contributed by atoms with Gasteiger partial charge < -0.3 is 20.3 Å². The Balaban J connectivity index is 3.38. The van der Waals surface area contributed by atoms with E-state index >= 15 is 0 Å². The molecule has 0 aromatic rings. The number of aliphatic hydroxyl groups excluding tert-OH is 2. The molecule has 6 nitrogen and oxygen atoms in total. The first-order valence-electron chi connectivity index (χ1n) is 37.1. The first kappa shape index (κ1) is 79.3. The summed E-state index contributed by atoms with van der Waals surface area (Å²) in [5.74, 6) is -0.0512. The standard InChI is InChI=1S/C75H145NO5/c1-3-5-7-9-11-13-15-17-18-19-20-21-22-28-31-34-37-40-44-47-51-55-59-63-67-73(78)72(71-77)76-74(79)68-64-60-56-52-48-45-41-38-35-32-29-26-24-23-25-27-30-33-36-39-42-46-50-54-58-62-66-70-81-75(80)69-65-61-57-53-49-43-16-14-12-10-8-6-4-2/h14,16,63,67,72-73,77-78H,3-13,15,17-62,64-66,68-71H2,1-2H3,(H,76,79)/b16-14-,67-63+. The van der Waals surface area contributed by atoms with E-state index in [1.54, 1.807) is 6.08 Å². The molecule has 0 rings (SSSR count). The molecule has 2 unspecified atom stereocenters. The minimum atomic E-state index is -0.844. The SMILES string of the molecule is CCCCCC/C=C\CCCCCCCC(=O)OCCCCCCCCCCCCCCCCCCCCCCCCCCCCCC(=O)NC(CO)C(O)/C=C/CCCCCCCCCCCCCCCCCCCCCCCC. The molecule has 2 atom stereocenters. The molecule has 0 heterocycles. The third kappa shape index (κ3) is 67.3. The summed E-state index contributed by atoms with van der Waals surface area (Å²) in [6.07, 6.45) is 89.9. The van der Waals surface area contributed by atoms with E-state index < -0.39 is 12.1 Å². The van der Waals surface area contributed by atoms with E-state index in [0.29, 0.717) is 19.4 Å². The van der Waals surface area contributed by atoms with Crippen LogP contribution in [-0.4, -0.2) is 47.4 Å². The van der Waals surface area contributed by atoms with Gasteiger partial charge in [0, 0.05) is 12.8 Å². The molecular weight excluding hydrogens is 995 g/mol. The fraction of sp³-hybridized carbons (Fsp3) is 0.920. The summed E-state index contributed by atoms with van der Waals surface area (Å²) in [6, 6.07) is -0.627. The largest absolute Gasteiger partial charge is 0.466 e. The van der Waals surface area contributed by atoms with Crippen molar-refractivity contribution in [2.24, 2.45) is 0 Å². The van der Waals surface area contributed by atoms with Gasteiger partial charge in [-0.2, -0.15) is 0 Å². The van der Waals surface area contributed by atoms with Crippen molar-refractivity contribution < 1.29 is 24.5 Å². The van der Waals surface area contributed by atoms with Crippen LogP contribution in [0, 0.1) is 0 Å². The number of aliphatic hydroxyl groups is 2. The van der Waals surface area contributed by atoms with E-state index in [9.17, 15) is 19.8 Å². The predicted molar refractivity (Wildman–Crippen MR) is 356 cm³/mol. The fourth-order valence-electron chi connectivity index (χ4n) is 11.8. The van der Waals surface area contributed by atoms with Crippen molar-refractivity contribution in [3.8, 4) is 0 Å². The van der Waals surface area contributed by atoms with Crippen LogP contribution in [-0.2, 0) is 14.3 Å². The molecular formula is C75H145NO5. The normalized spacial score (nSPS) is 12.6. The van der Waals surface area contributed by atoms with E-state index in [1.165, 1.54) is 347 Å². The molecule has 6 heteroatoms. The van der Waals surface area contributed by atoms with Gasteiger partial charge in [-0.3, -0.25) is 9.59 Å². The molecule has 0 radical (unpaired) electrons. The zero-order chi connectivity index (χ0) is 58.5. The molecule has 1 amide bonds. The molecule has 0 saturated heterocycles. The van der Waals surface area contributed by atoms with Crippen molar-refractivity contribution >= 4 is 11.9 Å². The first-order valence-corrected chi connectivity index (χ1v) is 37.1. The number of carbonyl (C=O) groups excluding carboxylic acids is 2. The minimum absolute atomic E-state index is 0.00924. The van der Waals surface area contributed by atoms with Crippen molar-refractivity contribution in [1.29, 1.82) is 0 Å². The summed E-state index contributed by atoms with van der Waals surface area (Å²) in [7, 11) is 0. The van der Waals surface area contributed by atoms with Crippen molar-refractivity contribution in [2.75, 3.05) is 13.2 Å². The van der Waals surface area contributed by atoms with Crippen LogP contribution < -0.4 is 5.32 Å². The van der Waals surface area contributed by atoms with E-state index in [1.807, 2.05) is 6.08 Å². The molecule has 0 aliphatic carbocycles. The summed E-state index contributed by atoms with van der Waals surface area (Å²) < 4.78 is 5.48. The second-order valence-corrected chi connectivity index (χ2v) is 25.6. The van der Waals surface area contributed by atoms with Gasteiger partial charge in [-0.15, -0.1) is 0 Å². The quantitative estimate of drug-likeness (QED) is 0.0320. The van der Waals surface area contributed by atoms with Gasteiger partial charge in [0.15, 0.2) is 0 Å². The number of rotatable bonds is 70. The maximum Gasteiger partial charge on any atom is 0.305 e. The summed E-state index contributed by atoms with van der Waals surface area (Å²) >= 11 is 0. The summed E-state index contributed by atoms with van der Waals surface area (Å²) in [5.41, 5.74) is 0. The predicted octanol–water partition coefficient (Wildman–Crippen LogP) is 24.1. The van der Waals surface area contributed by atoms with Gasteiger partial charge in [-0.25, -0.2) is 0 Å². The summed E-state index contributed by atoms with van der Waals surface area (Å²) in [6.45, 7) is 4.93. The molecule has 0 aromatic heterocycles. The summed E-state index contributed by atoms with van der Waals surface area (Å²) in [4.78, 5) is 24.6. The van der Waals surface area contributed by atoms with Crippen LogP contribution in [0.15, 0.2) is 24.3 Å². The number of hydrogen-bond acceptors (Lipinski definition) is 5. The lowest BCUT2D eigenvalue weighted by molar-refractivity contribution is -0.143. The number of amides is 1. The van der Waals surface area contributed by atoms with Crippen LogP contribution in [0.4, 0.5) is 0 Å². The Kier molecular flexibility index (Phi) is 69.4. The lowest BCUT2D eigenvalue weighted by Crippen LogP contribution is -2.45. The smallest absolute Gasteiger partial charge is 0.305 e. The number of esters is 1. The highest BCUT2D eigenvalue weighted by Gasteiger charge is 2.18. The second-order valence-electron chi connectivity index (χ2n) is 25.6. The fourth-order valence-corrected chi connectivity index (χ4v) is 11.8. The average molecular weight is 1140 g/mol. The van der Waals surface area contributed by atoms with Gasteiger partial charge in [-0.1, -0.05) is 372 Å². The number of nitrogens with one attached hydrogen (secondary N) is 1. The Morgan fingerprint density at radius 3 is 0.889 bits per heavy atom. The van der Waals surface area contributed by atoms with Crippen LogP contribution in [0.3, 0.4) is 0 Å². The molecule has 81 heavy (non-hydrogen) atoms. The lowest BCUT2D eigenvalue weighted by Gasteiger charge is -2.20. The van der Waals surface area contributed by atoms with E-state index in [2.05, 4.69) is 31.3 Å². The first-order chi connectivity index (χ1) is 40.0. The highest BCUT2D eigenvalue weighted by Crippen LogP contribution is 2.19. The zero-order valence-corrected chi connectivity index (χ0v) is 55.0. The second kappa shape index (κ2) is 70.8. The molecule has 0 aliphatic rings. The summed E-state index contributed by atoms with van der Waals surface area (Å²) in [5, 5.41) is 23.3. The van der Waals surface area contributed by atoms with Gasteiger partial charge in [-0.05, 0) is 57.8 Å². The van der Waals surface area contributed by atoms with Crippen LogP contribution >= 0.6 is 0 Å². The van der Waals surface area contributed by atoms with Gasteiger partial charge >= 0.3 is 5.97 Å². The van der Waals surface area contributed by atoms with Gasteiger partial charge in [0.05, 0.1) is 25.4 Å². The Labute approximate surface area is 507 Å². The Morgan fingerprint density at radius 2 is 0.580 bits per heavy atom. The average Bonchev–Trinajstić information content (AvgIpc) is 3.47. The number of unbranched alkanes of at least 4 members (excludes halogenated alkanes) is 57. The van der Waals surface area contributed by atoms with Crippen molar-refractivity contribution in [3.63, 3.8) is 0 Å². The zero-order valence-electron chi connectivity index (χ0n) is 55.0. The maximum absolute atomic E-state index is 12.5. The monoisotopic (exact) mass is 1140 g/mol.